The second-order valence-electron chi connectivity index (χ2n) is 6.31. The third-order valence-electron chi connectivity index (χ3n) is 4.19. The molecule has 0 aliphatic heterocycles. The van der Waals surface area contributed by atoms with Gasteiger partial charge < -0.3 is 4.52 Å². The van der Waals surface area contributed by atoms with Gasteiger partial charge in [-0.3, -0.25) is 5.43 Å². The monoisotopic (exact) mass is 408 g/mol. The molecule has 3 aromatic carbocycles. The van der Waals surface area contributed by atoms with Crippen LogP contribution in [-0.2, 0) is 6.18 Å². The Kier molecular flexibility index (Phi) is 5.30. The lowest BCUT2D eigenvalue weighted by Crippen LogP contribution is -2.09. The average Bonchev–Trinajstić information content (AvgIpc) is 3.25. The normalized spacial score (nSPS) is 12.0. The van der Waals surface area contributed by atoms with Crippen molar-refractivity contribution in [2.75, 3.05) is 5.43 Å². The van der Waals surface area contributed by atoms with E-state index < -0.39 is 11.7 Å². The molecule has 0 saturated heterocycles. The van der Waals surface area contributed by atoms with E-state index in [1.807, 2.05) is 48.5 Å². The van der Waals surface area contributed by atoms with Gasteiger partial charge in [-0.05, 0) is 30.3 Å². The molecule has 1 aromatic heterocycles. The molecule has 0 bridgehead atoms. The fraction of sp³-hybridized carbons (Fsp3) is 0.0455. The van der Waals surface area contributed by atoms with E-state index in [-0.39, 0.29) is 11.5 Å². The van der Waals surface area contributed by atoms with Crippen LogP contribution in [0.2, 0.25) is 0 Å². The Morgan fingerprint density at radius 3 is 2.27 bits per heavy atom. The van der Waals surface area contributed by atoms with Crippen LogP contribution in [-0.4, -0.2) is 15.9 Å². The molecule has 0 aliphatic carbocycles. The highest BCUT2D eigenvalue weighted by molar-refractivity contribution is 6.10. The molecule has 150 valence electrons. The maximum absolute atomic E-state index is 13.0. The second-order valence-corrected chi connectivity index (χ2v) is 6.31. The highest BCUT2D eigenvalue weighted by Gasteiger charge is 2.30. The quantitative estimate of drug-likeness (QED) is 0.344. The van der Waals surface area contributed by atoms with Gasteiger partial charge in [0.05, 0.1) is 11.3 Å². The van der Waals surface area contributed by atoms with Crippen molar-refractivity contribution in [1.29, 1.82) is 0 Å². The Morgan fingerprint density at radius 1 is 0.867 bits per heavy atom. The summed E-state index contributed by atoms with van der Waals surface area (Å²) in [5.41, 5.74) is 3.84. The Balaban J connectivity index is 1.69. The number of hydrogen-bond acceptors (Lipinski definition) is 5. The fourth-order valence-corrected chi connectivity index (χ4v) is 2.74. The van der Waals surface area contributed by atoms with Crippen molar-refractivity contribution in [3.8, 4) is 11.5 Å². The van der Waals surface area contributed by atoms with Gasteiger partial charge in [0, 0.05) is 11.1 Å². The summed E-state index contributed by atoms with van der Waals surface area (Å²) in [6.45, 7) is 0. The van der Waals surface area contributed by atoms with Crippen molar-refractivity contribution in [3.05, 3.63) is 102 Å². The number of nitrogens with one attached hydrogen (secondary N) is 1. The van der Waals surface area contributed by atoms with Crippen LogP contribution < -0.4 is 5.43 Å². The fourth-order valence-electron chi connectivity index (χ4n) is 2.74. The Morgan fingerprint density at radius 2 is 1.57 bits per heavy atom. The van der Waals surface area contributed by atoms with Crippen LogP contribution in [0, 0.1) is 0 Å². The van der Waals surface area contributed by atoms with Crippen molar-refractivity contribution in [3.63, 3.8) is 0 Å². The topological polar surface area (TPSA) is 63.3 Å². The lowest BCUT2D eigenvalue weighted by atomic mass is 10.1. The zero-order valence-electron chi connectivity index (χ0n) is 15.5. The van der Waals surface area contributed by atoms with E-state index >= 15 is 0 Å². The van der Waals surface area contributed by atoms with Crippen LogP contribution in [0.3, 0.4) is 0 Å². The molecule has 0 radical (unpaired) electrons. The molecule has 5 nitrogen and oxygen atoms in total. The van der Waals surface area contributed by atoms with Gasteiger partial charge >= 0.3 is 6.18 Å². The average molecular weight is 408 g/mol. The first-order valence-electron chi connectivity index (χ1n) is 8.96. The van der Waals surface area contributed by atoms with E-state index in [2.05, 4.69) is 20.7 Å². The van der Waals surface area contributed by atoms with Crippen molar-refractivity contribution >= 4 is 11.4 Å². The molecule has 0 amide bonds. The number of anilines is 1. The number of halogens is 3. The maximum atomic E-state index is 13.0. The van der Waals surface area contributed by atoms with Gasteiger partial charge in [-0.15, -0.1) is 0 Å². The number of nitrogens with zero attached hydrogens (tertiary/aromatic N) is 3. The lowest BCUT2D eigenvalue weighted by Gasteiger charge is -2.09. The van der Waals surface area contributed by atoms with E-state index in [9.17, 15) is 13.2 Å². The molecular formula is C22H15F3N4O. The molecule has 1 N–H and O–H groups in total. The van der Waals surface area contributed by atoms with Crippen molar-refractivity contribution in [1.82, 2.24) is 10.1 Å². The van der Waals surface area contributed by atoms with Gasteiger partial charge in [0.2, 0.25) is 5.82 Å². The van der Waals surface area contributed by atoms with Gasteiger partial charge in [0.15, 0.2) is 0 Å². The predicted octanol–water partition coefficient (Wildman–Crippen LogP) is 5.62. The van der Waals surface area contributed by atoms with Crippen LogP contribution in [0.5, 0.6) is 0 Å². The predicted molar refractivity (Wildman–Crippen MR) is 107 cm³/mol. The Hall–Kier alpha value is -3.94. The zero-order chi connectivity index (χ0) is 21.0. The third-order valence-corrected chi connectivity index (χ3v) is 4.19. The van der Waals surface area contributed by atoms with E-state index in [1.54, 1.807) is 12.1 Å². The summed E-state index contributed by atoms with van der Waals surface area (Å²) < 4.78 is 44.2. The van der Waals surface area contributed by atoms with Crippen LogP contribution in [0.1, 0.15) is 17.0 Å². The molecular weight excluding hydrogens is 393 g/mol. The first kappa shape index (κ1) is 19.4. The summed E-state index contributed by atoms with van der Waals surface area (Å²) in [6.07, 6.45) is -4.44. The lowest BCUT2D eigenvalue weighted by molar-refractivity contribution is -0.137. The smallest absolute Gasteiger partial charge is 0.334 e. The summed E-state index contributed by atoms with van der Waals surface area (Å²) in [4.78, 5) is 4.40. The summed E-state index contributed by atoms with van der Waals surface area (Å²) in [7, 11) is 0. The maximum Gasteiger partial charge on any atom is 0.416 e. The minimum atomic E-state index is -4.44. The molecule has 0 aliphatic rings. The van der Waals surface area contributed by atoms with E-state index in [0.717, 1.165) is 17.7 Å². The molecule has 0 spiro atoms. The van der Waals surface area contributed by atoms with Crippen LogP contribution in [0.25, 0.3) is 11.5 Å². The molecule has 4 rings (SSSR count). The number of rotatable bonds is 5. The molecule has 0 saturated carbocycles. The standard InChI is InChI=1S/C22H15F3N4O/c23-22(24,25)17-12-7-13-18(14-17)27-28-19(15-8-3-1-4-9-15)20-26-21(30-29-20)16-10-5-2-6-11-16/h1-14,27H/b28-19+. The van der Waals surface area contributed by atoms with Crippen molar-refractivity contribution in [2.24, 2.45) is 5.10 Å². The van der Waals surface area contributed by atoms with Crippen molar-refractivity contribution < 1.29 is 17.7 Å². The van der Waals surface area contributed by atoms with Gasteiger partial charge in [-0.1, -0.05) is 59.8 Å². The number of hydrazone groups is 1. The first-order valence-corrected chi connectivity index (χ1v) is 8.96. The third kappa shape index (κ3) is 4.38. The number of hydrogen-bond donors (Lipinski definition) is 1. The zero-order valence-corrected chi connectivity index (χ0v) is 15.5. The summed E-state index contributed by atoms with van der Waals surface area (Å²) in [6, 6.07) is 23.1. The highest BCUT2D eigenvalue weighted by Crippen LogP contribution is 2.30. The molecule has 30 heavy (non-hydrogen) atoms. The molecule has 0 unspecified atom stereocenters. The summed E-state index contributed by atoms with van der Waals surface area (Å²) in [5.74, 6) is 0.521. The second kappa shape index (κ2) is 8.20. The largest absolute Gasteiger partial charge is 0.416 e. The summed E-state index contributed by atoms with van der Waals surface area (Å²) >= 11 is 0. The van der Waals surface area contributed by atoms with Gasteiger partial charge in [0.1, 0.15) is 5.71 Å². The van der Waals surface area contributed by atoms with E-state index in [0.29, 0.717) is 17.2 Å². The van der Waals surface area contributed by atoms with Crippen LogP contribution in [0.15, 0.2) is 94.6 Å². The van der Waals surface area contributed by atoms with E-state index in [1.165, 1.54) is 12.1 Å². The van der Waals surface area contributed by atoms with Crippen LogP contribution in [0.4, 0.5) is 18.9 Å². The van der Waals surface area contributed by atoms with Gasteiger partial charge in [-0.25, -0.2) is 0 Å². The number of aromatic nitrogens is 2. The van der Waals surface area contributed by atoms with Crippen molar-refractivity contribution in [2.45, 2.75) is 6.18 Å². The Bertz CT molecular complexity index is 1160. The minimum absolute atomic E-state index is 0.185. The molecule has 0 fully saturated rings. The van der Waals surface area contributed by atoms with Gasteiger partial charge in [0.25, 0.3) is 5.89 Å². The number of alkyl halides is 3. The SMILES string of the molecule is FC(F)(F)c1cccc(N/N=C(\c2ccccc2)c2noc(-c3ccccc3)n2)c1. The van der Waals surface area contributed by atoms with Crippen LogP contribution >= 0.6 is 0 Å². The molecule has 1 heterocycles. The molecule has 4 aromatic rings. The molecule has 8 heteroatoms. The van der Waals surface area contributed by atoms with E-state index in [4.69, 9.17) is 4.52 Å². The molecule has 0 atom stereocenters. The first-order chi connectivity index (χ1) is 14.5. The summed E-state index contributed by atoms with van der Waals surface area (Å²) in [5, 5.41) is 8.28. The highest BCUT2D eigenvalue weighted by atomic mass is 19.4. The minimum Gasteiger partial charge on any atom is -0.334 e. The number of benzene rings is 3. The Labute approximate surface area is 169 Å². The van der Waals surface area contributed by atoms with Gasteiger partial charge in [-0.2, -0.15) is 23.3 Å².